The van der Waals surface area contributed by atoms with Crippen LogP contribution in [-0.4, -0.2) is 25.9 Å². The van der Waals surface area contributed by atoms with Gasteiger partial charge in [-0.3, -0.25) is 0 Å². The van der Waals surface area contributed by atoms with Crippen molar-refractivity contribution in [1.82, 2.24) is 5.32 Å². The van der Waals surface area contributed by atoms with Gasteiger partial charge in [0.25, 0.3) is 0 Å². The Hall–Kier alpha value is -1.46. The van der Waals surface area contributed by atoms with Gasteiger partial charge in [0.1, 0.15) is 6.61 Å². The van der Waals surface area contributed by atoms with Crippen LogP contribution in [0.1, 0.15) is 30.9 Å². The fourth-order valence-electron chi connectivity index (χ4n) is 3.10. The van der Waals surface area contributed by atoms with Gasteiger partial charge < -0.3 is 19.5 Å². The Kier molecular flexibility index (Phi) is 7.65. The predicted octanol–water partition coefficient (Wildman–Crippen LogP) is 5.24. The van der Waals surface area contributed by atoms with Crippen molar-refractivity contribution in [3.63, 3.8) is 0 Å². The van der Waals surface area contributed by atoms with Crippen LogP contribution in [0.2, 0.25) is 10.0 Å². The van der Waals surface area contributed by atoms with E-state index >= 15 is 0 Å². The van der Waals surface area contributed by atoms with E-state index in [1.165, 1.54) is 0 Å². The Morgan fingerprint density at radius 2 is 2.04 bits per heavy atom. The monoisotopic (exact) mass is 409 g/mol. The van der Waals surface area contributed by atoms with Gasteiger partial charge in [-0.2, -0.15) is 0 Å². The van der Waals surface area contributed by atoms with Crippen LogP contribution in [0.15, 0.2) is 36.4 Å². The van der Waals surface area contributed by atoms with Gasteiger partial charge in [0.05, 0.1) is 12.7 Å². The molecule has 0 bridgehead atoms. The molecule has 2 aromatic rings. The molecule has 0 saturated carbocycles. The van der Waals surface area contributed by atoms with Crippen LogP contribution in [-0.2, 0) is 17.9 Å². The Balaban J connectivity index is 1.69. The molecule has 2 aromatic carbocycles. The number of benzene rings is 2. The van der Waals surface area contributed by atoms with Gasteiger partial charge >= 0.3 is 0 Å². The van der Waals surface area contributed by atoms with E-state index in [0.717, 1.165) is 48.6 Å². The normalized spacial score (nSPS) is 16.5. The molecule has 1 saturated heterocycles. The summed E-state index contributed by atoms with van der Waals surface area (Å²) >= 11 is 12.2. The highest BCUT2D eigenvalue weighted by Gasteiger charge is 2.16. The number of halogens is 2. The van der Waals surface area contributed by atoms with Crippen LogP contribution in [0, 0.1) is 0 Å². The fraction of sp³-hybridized carbons (Fsp3) is 0.429. The van der Waals surface area contributed by atoms with Gasteiger partial charge in [-0.1, -0.05) is 41.4 Å². The van der Waals surface area contributed by atoms with Crippen LogP contribution in [0.3, 0.4) is 0 Å². The second-order valence-corrected chi connectivity index (χ2v) is 7.31. The van der Waals surface area contributed by atoms with Crippen LogP contribution in [0.5, 0.6) is 11.5 Å². The van der Waals surface area contributed by atoms with Crippen molar-refractivity contribution < 1.29 is 14.2 Å². The number of hydrogen-bond acceptors (Lipinski definition) is 4. The third-order valence-electron chi connectivity index (χ3n) is 4.46. The molecule has 1 aliphatic rings. The van der Waals surface area contributed by atoms with Crippen molar-refractivity contribution in [1.29, 1.82) is 0 Å². The topological polar surface area (TPSA) is 39.7 Å². The first kappa shape index (κ1) is 20.3. The lowest BCUT2D eigenvalue weighted by molar-refractivity contribution is 0.110. The Bertz CT molecular complexity index is 748. The quantitative estimate of drug-likeness (QED) is 0.614. The first-order chi connectivity index (χ1) is 13.2. The maximum absolute atomic E-state index is 6.27. The van der Waals surface area contributed by atoms with Crippen molar-refractivity contribution in [2.75, 3.05) is 19.8 Å². The molecule has 0 aliphatic carbocycles. The lowest BCUT2D eigenvalue weighted by Gasteiger charge is -2.18. The summed E-state index contributed by atoms with van der Waals surface area (Å²) in [4.78, 5) is 0. The van der Waals surface area contributed by atoms with Gasteiger partial charge in [-0.25, -0.2) is 0 Å². The maximum Gasteiger partial charge on any atom is 0.166 e. The number of ether oxygens (including phenoxy) is 3. The molecular weight excluding hydrogens is 385 g/mol. The van der Waals surface area contributed by atoms with Gasteiger partial charge in [0, 0.05) is 40.9 Å². The molecule has 1 fully saturated rings. The van der Waals surface area contributed by atoms with Crippen molar-refractivity contribution in [3.8, 4) is 11.5 Å². The molecule has 3 rings (SSSR count). The number of nitrogens with one attached hydrogen (secondary N) is 1. The third kappa shape index (κ3) is 5.76. The van der Waals surface area contributed by atoms with Crippen LogP contribution < -0.4 is 14.8 Å². The summed E-state index contributed by atoms with van der Waals surface area (Å²) in [6.45, 7) is 5.26. The molecule has 146 valence electrons. The van der Waals surface area contributed by atoms with Gasteiger partial charge in [-0.05, 0) is 38.0 Å². The van der Waals surface area contributed by atoms with E-state index < -0.39 is 0 Å². The highest BCUT2D eigenvalue weighted by atomic mass is 35.5. The summed E-state index contributed by atoms with van der Waals surface area (Å²) < 4.78 is 17.6. The number of para-hydroxylation sites is 1. The lowest BCUT2D eigenvalue weighted by Crippen LogP contribution is -2.26. The molecule has 4 nitrogen and oxygen atoms in total. The number of hydrogen-bond donors (Lipinski definition) is 1. The summed E-state index contributed by atoms with van der Waals surface area (Å²) in [7, 11) is 0. The highest BCUT2D eigenvalue weighted by Crippen LogP contribution is 2.33. The minimum absolute atomic E-state index is 0.303. The van der Waals surface area contributed by atoms with E-state index in [0.29, 0.717) is 35.9 Å². The SMILES string of the molecule is CCOc1cccc(CNC[C@H]2CCCO2)c1OCc1ccc(Cl)cc1Cl. The Morgan fingerprint density at radius 1 is 1.15 bits per heavy atom. The molecule has 1 N–H and O–H groups in total. The van der Waals surface area contributed by atoms with Crippen molar-refractivity contribution in [2.45, 2.75) is 39.0 Å². The van der Waals surface area contributed by atoms with Crippen LogP contribution >= 0.6 is 23.2 Å². The summed E-state index contributed by atoms with van der Waals surface area (Å²) in [5.74, 6) is 1.48. The summed E-state index contributed by atoms with van der Waals surface area (Å²) in [5, 5.41) is 4.67. The number of rotatable bonds is 9. The van der Waals surface area contributed by atoms with Crippen LogP contribution in [0.4, 0.5) is 0 Å². The standard InChI is InChI=1S/C21H25Cl2NO3/c1-2-25-20-7-3-5-15(12-24-13-18-6-4-10-26-18)21(20)27-14-16-8-9-17(22)11-19(16)23/h3,5,7-9,11,18,24H,2,4,6,10,12-14H2,1H3/t18-/m1/s1. The zero-order chi connectivity index (χ0) is 19.1. The lowest BCUT2D eigenvalue weighted by atomic mass is 10.1. The molecule has 0 aromatic heterocycles. The van der Waals surface area contributed by atoms with E-state index in [2.05, 4.69) is 5.32 Å². The van der Waals surface area contributed by atoms with Gasteiger partial charge in [0.2, 0.25) is 0 Å². The summed E-state index contributed by atoms with van der Waals surface area (Å²) in [6.07, 6.45) is 2.56. The zero-order valence-corrected chi connectivity index (χ0v) is 17.0. The molecule has 0 radical (unpaired) electrons. The smallest absolute Gasteiger partial charge is 0.166 e. The molecule has 6 heteroatoms. The maximum atomic E-state index is 6.27. The molecule has 27 heavy (non-hydrogen) atoms. The molecular formula is C21H25Cl2NO3. The van der Waals surface area contributed by atoms with E-state index in [1.54, 1.807) is 6.07 Å². The third-order valence-corrected chi connectivity index (χ3v) is 5.05. The molecule has 1 aliphatic heterocycles. The first-order valence-corrected chi connectivity index (χ1v) is 10.1. The van der Waals surface area contributed by atoms with Gasteiger partial charge in [-0.15, -0.1) is 0 Å². The van der Waals surface area contributed by atoms with E-state index in [1.807, 2.05) is 37.3 Å². The minimum atomic E-state index is 0.303. The summed E-state index contributed by atoms with van der Waals surface area (Å²) in [5.41, 5.74) is 1.93. The largest absolute Gasteiger partial charge is 0.490 e. The average Bonchev–Trinajstić information content (AvgIpc) is 3.16. The molecule has 0 unspecified atom stereocenters. The second-order valence-electron chi connectivity index (χ2n) is 6.47. The molecule has 0 spiro atoms. The van der Waals surface area contributed by atoms with Crippen molar-refractivity contribution in [2.24, 2.45) is 0 Å². The van der Waals surface area contributed by atoms with E-state index in [-0.39, 0.29) is 0 Å². The molecule has 1 atom stereocenters. The molecule has 0 amide bonds. The fourth-order valence-corrected chi connectivity index (χ4v) is 3.56. The average molecular weight is 410 g/mol. The van der Waals surface area contributed by atoms with Crippen LogP contribution in [0.25, 0.3) is 0 Å². The molecule has 1 heterocycles. The van der Waals surface area contributed by atoms with E-state index in [4.69, 9.17) is 37.4 Å². The van der Waals surface area contributed by atoms with Crippen molar-refractivity contribution >= 4 is 23.2 Å². The van der Waals surface area contributed by atoms with Gasteiger partial charge in [0.15, 0.2) is 11.5 Å². The second kappa shape index (κ2) is 10.2. The Labute approximate surface area is 170 Å². The minimum Gasteiger partial charge on any atom is -0.490 e. The summed E-state index contributed by atoms with van der Waals surface area (Å²) in [6, 6.07) is 11.4. The predicted molar refractivity (Wildman–Crippen MR) is 109 cm³/mol. The Morgan fingerprint density at radius 3 is 2.78 bits per heavy atom. The zero-order valence-electron chi connectivity index (χ0n) is 15.5. The van der Waals surface area contributed by atoms with Crippen molar-refractivity contribution in [3.05, 3.63) is 57.6 Å². The first-order valence-electron chi connectivity index (χ1n) is 9.31. The highest BCUT2D eigenvalue weighted by molar-refractivity contribution is 6.35. The van der Waals surface area contributed by atoms with E-state index in [9.17, 15) is 0 Å².